The minimum Gasteiger partial charge on any atom is -0.0840 e. The van der Waals surface area contributed by atoms with Gasteiger partial charge in [-0.05, 0) is 58.7 Å². The van der Waals surface area contributed by atoms with Crippen molar-refractivity contribution >= 4 is 34.2 Å². The molecular formula is C10H12ClI. The normalized spacial score (nSPS) is 10.3. The highest BCUT2D eigenvalue weighted by Gasteiger charge is 2.03. The summed E-state index contributed by atoms with van der Waals surface area (Å²) in [6.07, 6.45) is 2.07. The Kier molecular flexibility index (Phi) is 3.84. The SMILES string of the molecule is CCc1cc(I)c(CC)cc1Cl. The summed E-state index contributed by atoms with van der Waals surface area (Å²) in [5, 5.41) is 0.912. The van der Waals surface area contributed by atoms with Crippen LogP contribution in [0.15, 0.2) is 12.1 Å². The van der Waals surface area contributed by atoms with Gasteiger partial charge in [-0.2, -0.15) is 0 Å². The highest BCUT2D eigenvalue weighted by Crippen LogP contribution is 2.23. The van der Waals surface area contributed by atoms with E-state index in [1.54, 1.807) is 0 Å². The van der Waals surface area contributed by atoms with Crippen molar-refractivity contribution in [1.82, 2.24) is 0 Å². The molecule has 0 amide bonds. The third-order valence-electron chi connectivity index (χ3n) is 1.98. The smallest absolute Gasteiger partial charge is 0.0441 e. The van der Waals surface area contributed by atoms with Gasteiger partial charge in [0.1, 0.15) is 0 Å². The Bertz CT molecular complexity index is 252. The monoisotopic (exact) mass is 294 g/mol. The minimum atomic E-state index is 0.912. The molecule has 0 spiro atoms. The molecule has 0 heterocycles. The zero-order valence-electron chi connectivity index (χ0n) is 7.32. The summed E-state index contributed by atoms with van der Waals surface area (Å²) in [4.78, 5) is 0. The molecule has 0 fully saturated rings. The van der Waals surface area contributed by atoms with Gasteiger partial charge in [-0.25, -0.2) is 0 Å². The van der Waals surface area contributed by atoms with E-state index in [2.05, 4.69) is 48.6 Å². The van der Waals surface area contributed by atoms with Crippen molar-refractivity contribution in [2.75, 3.05) is 0 Å². The number of aryl methyl sites for hydroxylation is 2. The summed E-state index contributed by atoms with van der Waals surface area (Å²) in [6.45, 7) is 4.28. The van der Waals surface area contributed by atoms with E-state index in [-0.39, 0.29) is 0 Å². The molecule has 0 N–H and O–H groups in total. The fraction of sp³-hybridized carbons (Fsp3) is 0.400. The summed E-state index contributed by atoms with van der Waals surface area (Å²) in [7, 11) is 0. The fourth-order valence-corrected chi connectivity index (χ4v) is 2.40. The van der Waals surface area contributed by atoms with Gasteiger partial charge in [-0.15, -0.1) is 0 Å². The van der Waals surface area contributed by atoms with E-state index in [0.717, 1.165) is 17.9 Å². The summed E-state index contributed by atoms with van der Waals surface area (Å²) in [5.74, 6) is 0. The molecule has 1 rings (SSSR count). The second-order valence-electron chi connectivity index (χ2n) is 2.74. The lowest BCUT2D eigenvalue weighted by atomic mass is 10.1. The Hall–Kier alpha value is 0.240. The summed E-state index contributed by atoms with van der Waals surface area (Å²) in [6, 6.07) is 4.27. The molecule has 1 aromatic carbocycles. The predicted molar refractivity (Wildman–Crippen MR) is 62.9 cm³/mol. The van der Waals surface area contributed by atoms with Gasteiger partial charge in [-0.1, -0.05) is 25.4 Å². The van der Waals surface area contributed by atoms with Gasteiger partial charge in [0.25, 0.3) is 0 Å². The number of hydrogen-bond acceptors (Lipinski definition) is 0. The Balaban J connectivity index is 3.16. The van der Waals surface area contributed by atoms with Crippen LogP contribution in [0, 0.1) is 3.57 Å². The molecule has 0 bridgehead atoms. The number of rotatable bonds is 2. The molecule has 2 heteroatoms. The van der Waals surface area contributed by atoms with E-state index >= 15 is 0 Å². The van der Waals surface area contributed by atoms with Crippen LogP contribution in [0.5, 0.6) is 0 Å². The lowest BCUT2D eigenvalue weighted by Gasteiger charge is -2.06. The molecular weight excluding hydrogens is 282 g/mol. The van der Waals surface area contributed by atoms with E-state index in [9.17, 15) is 0 Å². The van der Waals surface area contributed by atoms with Crippen LogP contribution in [0.25, 0.3) is 0 Å². The summed E-state index contributed by atoms with van der Waals surface area (Å²) < 4.78 is 1.33. The highest BCUT2D eigenvalue weighted by atomic mass is 127. The van der Waals surface area contributed by atoms with E-state index < -0.39 is 0 Å². The average Bonchev–Trinajstić information content (AvgIpc) is 2.08. The van der Waals surface area contributed by atoms with Crippen molar-refractivity contribution in [3.8, 4) is 0 Å². The first-order chi connectivity index (χ1) is 5.69. The zero-order valence-corrected chi connectivity index (χ0v) is 10.2. The van der Waals surface area contributed by atoms with Gasteiger partial charge in [-0.3, -0.25) is 0 Å². The molecule has 0 saturated carbocycles. The lowest BCUT2D eigenvalue weighted by Crippen LogP contribution is -1.90. The van der Waals surface area contributed by atoms with E-state index in [4.69, 9.17) is 11.6 Å². The number of halogens is 2. The highest BCUT2D eigenvalue weighted by molar-refractivity contribution is 14.1. The molecule has 12 heavy (non-hydrogen) atoms. The van der Waals surface area contributed by atoms with Crippen LogP contribution in [0.4, 0.5) is 0 Å². The Morgan fingerprint density at radius 2 is 1.75 bits per heavy atom. The second kappa shape index (κ2) is 4.47. The third-order valence-corrected chi connectivity index (χ3v) is 3.33. The Labute approximate surface area is 92.5 Å². The molecule has 0 aliphatic heterocycles. The van der Waals surface area contributed by atoms with Crippen molar-refractivity contribution in [2.45, 2.75) is 26.7 Å². The number of benzene rings is 1. The molecule has 1 aromatic rings. The topological polar surface area (TPSA) is 0 Å². The maximum absolute atomic E-state index is 6.08. The van der Waals surface area contributed by atoms with Crippen molar-refractivity contribution in [2.24, 2.45) is 0 Å². The standard InChI is InChI=1S/C10H12ClI/c1-3-7-6-10(12)8(4-2)5-9(7)11/h5-6H,3-4H2,1-2H3. The van der Waals surface area contributed by atoms with Crippen molar-refractivity contribution in [1.29, 1.82) is 0 Å². The fourth-order valence-electron chi connectivity index (χ4n) is 1.17. The molecule has 0 atom stereocenters. The first-order valence-electron chi connectivity index (χ1n) is 4.15. The van der Waals surface area contributed by atoms with E-state index in [1.807, 2.05) is 0 Å². The first kappa shape index (κ1) is 10.3. The van der Waals surface area contributed by atoms with Crippen LogP contribution in [0.3, 0.4) is 0 Å². The average molecular weight is 295 g/mol. The molecule has 0 saturated heterocycles. The van der Waals surface area contributed by atoms with Gasteiger partial charge >= 0.3 is 0 Å². The Morgan fingerprint density at radius 1 is 1.17 bits per heavy atom. The van der Waals surface area contributed by atoms with Crippen LogP contribution in [-0.2, 0) is 12.8 Å². The first-order valence-corrected chi connectivity index (χ1v) is 5.61. The number of hydrogen-bond donors (Lipinski definition) is 0. The second-order valence-corrected chi connectivity index (χ2v) is 4.31. The Morgan fingerprint density at radius 3 is 2.25 bits per heavy atom. The van der Waals surface area contributed by atoms with Gasteiger partial charge in [0.15, 0.2) is 0 Å². The van der Waals surface area contributed by atoms with E-state index in [0.29, 0.717) is 0 Å². The summed E-state index contributed by atoms with van der Waals surface area (Å²) >= 11 is 8.44. The third kappa shape index (κ3) is 2.13. The van der Waals surface area contributed by atoms with Crippen LogP contribution >= 0.6 is 34.2 Å². The molecule has 0 radical (unpaired) electrons. The quantitative estimate of drug-likeness (QED) is 0.721. The summed E-state index contributed by atoms with van der Waals surface area (Å²) in [5.41, 5.74) is 2.59. The van der Waals surface area contributed by atoms with E-state index in [1.165, 1.54) is 14.7 Å². The van der Waals surface area contributed by atoms with Gasteiger partial charge in [0.05, 0.1) is 0 Å². The minimum absolute atomic E-state index is 0.912. The van der Waals surface area contributed by atoms with Crippen LogP contribution < -0.4 is 0 Å². The lowest BCUT2D eigenvalue weighted by molar-refractivity contribution is 1.09. The van der Waals surface area contributed by atoms with Crippen LogP contribution in [-0.4, -0.2) is 0 Å². The van der Waals surface area contributed by atoms with Crippen molar-refractivity contribution in [3.63, 3.8) is 0 Å². The van der Waals surface area contributed by atoms with Crippen molar-refractivity contribution < 1.29 is 0 Å². The maximum Gasteiger partial charge on any atom is 0.0441 e. The molecule has 0 unspecified atom stereocenters. The van der Waals surface area contributed by atoms with Gasteiger partial charge in [0.2, 0.25) is 0 Å². The largest absolute Gasteiger partial charge is 0.0840 e. The van der Waals surface area contributed by atoms with Crippen molar-refractivity contribution in [3.05, 3.63) is 31.9 Å². The van der Waals surface area contributed by atoms with Gasteiger partial charge in [0, 0.05) is 8.59 Å². The van der Waals surface area contributed by atoms with Crippen LogP contribution in [0.1, 0.15) is 25.0 Å². The molecule has 0 aromatic heterocycles. The maximum atomic E-state index is 6.08. The molecule has 0 aliphatic carbocycles. The predicted octanol–water partition coefficient (Wildman–Crippen LogP) is 4.07. The zero-order chi connectivity index (χ0) is 9.14. The molecule has 0 nitrogen and oxygen atoms in total. The molecule has 66 valence electrons. The van der Waals surface area contributed by atoms with Crippen LogP contribution in [0.2, 0.25) is 5.02 Å². The van der Waals surface area contributed by atoms with Gasteiger partial charge < -0.3 is 0 Å². The molecule has 0 aliphatic rings.